The number of aromatic nitrogens is 4. The number of anilines is 1. The van der Waals surface area contributed by atoms with Crippen LogP contribution in [-0.4, -0.2) is 51.6 Å². The SMILES string of the molecule is CC(N)C1CN(c2ncnc3c2cnn3C)CCO1. The molecule has 1 aliphatic rings. The third-order valence-corrected chi connectivity index (χ3v) is 3.49. The molecule has 7 nitrogen and oxygen atoms in total. The van der Waals surface area contributed by atoms with Gasteiger partial charge in [-0.25, -0.2) is 9.97 Å². The van der Waals surface area contributed by atoms with Crippen LogP contribution in [0.4, 0.5) is 5.82 Å². The van der Waals surface area contributed by atoms with E-state index in [0.29, 0.717) is 6.61 Å². The molecular formula is C12H18N6O. The van der Waals surface area contributed by atoms with Crippen molar-refractivity contribution in [3.05, 3.63) is 12.5 Å². The van der Waals surface area contributed by atoms with Gasteiger partial charge < -0.3 is 15.4 Å². The Kier molecular flexibility index (Phi) is 3.08. The Morgan fingerprint density at radius 1 is 1.47 bits per heavy atom. The zero-order valence-corrected chi connectivity index (χ0v) is 11.2. The Hall–Kier alpha value is -1.73. The van der Waals surface area contributed by atoms with Gasteiger partial charge in [0, 0.05) is 26.2 Å². The fourth-order valence-corrected chi connectivity index (χ4v) is 2.39. The summed E-state index contributed by atoms with van der Waals surface area (Å²) in [7, 11) is 1.88. The summed E-state index contributed by atoms with van der Waals surface area (Å²) in [5.74, 6) is 0.909. The highest BCUT2D eigenvalue weighted by atomic mass is 16.5. The number of aryl methyl sites for hydroxylation is 1. The zero-order chi connectivity index (χ0) is 13.4. The van der Waals surface area contributed by atoms with Crippen LogP contribution in [0.15, 0.2) is 12.5 Å². The average Bonchev–Trinajstić information content (AvgIpc) is 2.81. The van der Waals surface area contributed by atoms with Crippen molar-refractivity contribution in [1.29, 1.82) is 0 Å². The molecule has 0 spiro atoms. The number of hydrogen-bond donors (Lipinski definition) is 1. The van der Waals surface area contributed by atoms with E-state index in [0.717, 1.165) is 29.9 Å². The lowest BCUT2D eigenvalue weighted by Gasteiger charge is -2.35. The number of nitrogens with two attached hydrogens (primary N) is 1. The van der Waals surface area contributed by atoms with E-state index in [4.69, 9.17) is 10.5 Å². The van der Waals surface area contributed by atoms with Crippen molar-refractivity contribution in [2.45, 2.75) is 19.1 Å². The van der Waals surface area contributed by atoms with Gasteiger partial charge in [0.2, 0.25) is 0 Å². The van der Waals surface area contributed by atoms with Gasteiger partial charge in [0.05, 0.1) is 24.3 Å². The number of rotatable bonds is 2. The van der Waals surface area contributed by atoms with Crippen LogP contribution >= 0.6 is 0 Å². The molecule has 2 N–H and O–H groups in total. The Bertz CT molecular complexity index is 581. The molecule has 1 saturated heterocycles. The van der Waals surface area contributed by atoms with Crippen molar-refractivity contribution in [3.8, 4) is 0 Å². The molecule has 0 aliphatic carbocycles. The second-order valence-corrected chi connectivity index (χ2v) is 4.92. The van der Waals surface area contributed by atoms with Crippen LogP contribution in [0, 0.1) is 0 Å². The summed E-state index contributed by atoms with van der Waals surface area (Å²) in [6.07, 6.45) is 3.42. The molecule has 2 aromatic rings. The maximum absolute atomic E-state index is 5.92. The average molecular weight is 262 g/mol. The molecule has 2 atom stereocenters. The van der Waals surface area contributed by atoms with Crippen LogP contribution in [0.2, 0.25) is 0 Å². The molecule has 0 aromatic carbocycles. The topological polar surface area (TPSA) is 82.1 Å². The monoisotopic (exact) mass is 262 g/mol. The van der Waals surface area contributed by atoms with Gasteiger partial charge in [0.1, 0.15) is 12.1 Å². The third kappa shape index (κ3) is 2.15. The normalized spacial score (nSPS) is 21.8. The molecule has 102 valence electrons. The number of ether oxygens (including phenoxy) is 1. The van der Waals surface area contributed by atoms with E-state index in [1.807, 2.05) is 14.0 Å². The summed E-state index contributed by atoms with van der Waals surface area (Å²) >= 11 is 0. The molecule has 1 aliphatic heterocycles. The fourth-order valence-electron chi connectivity index (χ4n) is 2.39. The number of morpholine rings is 1. The molecule has 2 aromatic heterocycles. The smallest absolute Gasteiger partial charge is 0.163 e. The van der Waals surface area contributed by atoms with E-state index in [1.54, 1.807) is 17.2 Å². The largest absolute Gasteiger partial charge is 0.373 e. The van der Waals surface area contributed by atoms with Gasteiger partial charge in [-0.15, -0.1) is 0 Å². The van der Waals surface area contributed by atoms with Gasteiger partial charge in [-0.1, -0.05) is 0 Å². The Morgan fingerprint density at radius 3 is 3.11 bits per heavy atom. The first-order valence-electron chi connectivity index (χ1n) is 6.41. The summed E-state index contributed by atoms with van der Waals surface area (Å²) in [5.41, 5.74) is 6.76. The Morgan fingerprint density at radius 2 is 2.32 bits per heavy atom. The molecule has 3 heterocycles. The minimum Gasteiger partial charge on any atom is -0.373 e. The first kappa shape index (κ1) is 12.3. The van der Waals surface area contributed by atoms with E-state index in [9.17, 15) is 0 Å². The minimum absolute atomic E-state index is 0.00836. The highest BCUT2D eigenvalue weighted by Gasteiger charge is 2.25. The standard InChI is InChI=1S/C12H18N6O/c1-8(13)10-6-18(3-4-19-10)12-9-5-16-17(2)11(9)14-7-15-12/h5,7-8,10H,3-4,6,13H2,1-2H3. The van der Waals surface area contributed by atoms with Crippen LogP contribution in [0.25, 0.3) is 11.0 Å². The quantitative estimate of drug-likeness (QED) is 0.815. The lowest BCUT2D eigenvalue weighted by molar-refractivity contribution is 0.0274. The second kappa shape index (κ2) is 4.75. The predicted molar refractivity (Wildman–Crippen MR) is 71.9 cm³/mol. The molecule has 0 saturated carbocycles. The molecule has 0 amide bonds. The molecule has 0 bridgehead atoms. The predicted octanol–water partition coefficient (Wildman–Crippen LogP) is -0.0843. The first-order chi connectivity index (χ1) is 9.16. The summed E-state index contributed by atoms with van der Waals surface area (Å²) < 4.78 is 7.43. The van der Waals surface area contributed by atoms with E-state index in [1.165, 1.54) is 0 Å². The molecule has 3 rings (SSSR count). The highest BCUT2D eigenvalue weighted by molar-refractivity contribution is 5.86. The molecule has 1 fully saturated rings. The highest BCUT2D eigenvalue weighted by Crippen LogP contribution is 2.24. The summed E-state index contributed by atoms with van der Waals surface area (Å²) in [6.45, 7) is 4.19. The van der Waals surface area contributed by atoms with Crippen molar-refractivity contribution < 1.29 is 4.74 Å². The molecule has 2 unspecified atom stereocenters. The summed E-state index contributed by atoms with van der Waals surface area (Å²) in [5, 5.41) is 5.20. The van der Waals surface area contributed by atoms with Crippen LogP contribution in [0.1, 0.15) is 6.92 Å². The van der Waals surface area contributed by atoms with Gasteiger partial charge in [-0.2, -0.15) is 5.10 Å². The van der Waals surface area contributed by atoms with Gasteiger partial charge >= 0.3 is 0 Å². The molecule has 0 radical (unpaired) electrons. The third-order valence-electron chi connectivity index (χ3n) is 3.49. The number of nitrogens with zero attached hydrogens (tertiary/aromatic N) is 5. The lowest BCUT2D eigenvalue weighted by Crippen LogP contribution is -2.49. The maximum Gasteiger partial charge on any atom is 0.163 e. The lowest BCUT2D eigenvalue weighted by atomic mass is 10.1. The van der Waals surface area contributed by atoms with Gasteiger partial charge in [0.25, 0.3) is 0 Å². The summed E-state index contributed by atoms with van der Waals surface area (Å²) in [6, 6.07) is 0.00836. The van der Waals surface area contributed by atoms with E-state index >= 15 is 0 Å². The van der Waals surface area contributed by atoms with Crippen LogP contribution in [-0.2, 0) is 11.8 Å². The van der Waals surface area contributed by atoms with Crippen molar-refractivity contribution in [1.82, 2.24) is 19.7 Å². The van der Waals surface area contributed by atoms with Crippen molar-refractivity contribution in [2.75, 3.05) is 24.6 Å². The Labute approximate surface area is 111 Å². The molecule has 19 heavy (non-hydrogen) atoms. The van der Waals surface area contributed by atoms with E-state index in [2.05, 4.69) is 20.0 Å². The van der Waals surface area contributed by atoms with Crippen molar-refractivity contribution in [2.24, 2.45) is 12.8 Å². The number of fused-ring (bicyclic) bond motifs is 1. The summed E-state index contributed by atoms with van der Waals surface area (Å²) in [4.78, 5) is 10.9. The fraction of sp³-hybridized carbons (Fsp3) is 0.583. The van der Waals surface area contributed by atoms with E-state index < -0.39 is 0 Å². The van der Waals surface area contributed by atoms with Gasteiger partial charge in [0.15, 0.2) is 5.65 Å². The van der Waals surface area contributed by atoms with Gasteiger partial charge in [-0.05, 0) is 6.92 Å². The van der Waals surface area contributed by atoms with Crippen molar-refractivity contribution in [3.63, 3.8) is 0 Å². The van der Waals surface area contributed by atoms with E-state index in [-0.39, 0.29) is 12.1 Å². The molecule has 7 heteroatoms. The second-order valence-electron chi connectivity index (χ2n) is 4.92. The van der Waals surface area contributed by atoms with Crippen LogP contribution < -0.4 is 10.6 Å². The first-order valence-corrected chi connectivity index (χ1v) is 6.41. The molecular weight excluding hydrogens is 244 g/mol. The van der Waals surface area contributed by atoms with Gasteiger partial charge in [-0.3, -0.25) is 4.68 Å². The Balaban J connectivity index is 1.95. The number of hydrogen-bond acceptors (Lipinski definition) is 6. The van der Waals surface area contributed by atoms with Crippen LogP contribution in [0.3, 0.4) is 0 Å². The minimum atomic E-state index is 0.00836. The van der Waals surface area contributed by atoms with Crippen molar-refractivity contribution >= 4 is 16.9 Å². The van der Waals surface area contributed by atoms with Crippen LogP contribution in [0.5, 0.6) is 0 Å². The zero-order valence-electron chi connectivity index (χ0n) is 11.2. The maximum atomic E-state index is 5.92.